The van der Waals surface area contributed by atoms with Crippen LogP contribution in [-0.4, -0.2) is 9.55 Å². The maximum atomic E-state index is 3.87. The number of imidazole rings is 1. The lowest BCUT2D eigenvalue weighted by molar-refractivity contribution is 1.10. The Labute approximate surface area is 59.8 Å². The summed E-state index contributed by atoms with van der Waals surface area (Å²) in [6, 6.07) is 0. The van der Waals surface area contributed by atoms with Crippen LogP contribution in [0.3, 0.4) is 0 Å². The minimum Gasteiger partial charge on any atom is -0.299 e. The van der Waals surface area contributed by atoms with Gasteiger partial charge in [0, 0.05) is 12.4 Å². The first-order valence-corrected chi connectivity index (χ1v) is 2.89. The summed E-state index contributed by atoms with van der Waals surface area (Å²) >= 11 is 0. The van der Waals surface area contributed by atoms with Gasteiger partial charge in [-0.1, -0.05) is 13.2 Å². The summed E-state index contributed by atoms with van der Waals surface area (Å²) in [5.41, 5.74) is 3.54. The van der Waals surface area contributed by atoms with Crippen LogP contribution in [0.5, 0.6) is 0 Å². The van der Waals surface area contributed by atoms with E-state index in [1.165, 1.54) is 0 Å². The van der Waals surface area contributed by atoms with Gasteiger partial charge in [-0.2, -0.15) is 0 Å². The second kappa shape index (κ2) is 2.85. The van der Waals surface area contributed by atoms with Gasteiger partial charge < -0.3 is 0 Å². The van der Waals surface area contributed by atoms with Crippen molar-refractivity contribution in [2.45, 2.75) is 0 Å². The quantitative estimate of drug-likeness (QED) is 0.442. The van der Waals surface area contributed by atoms with Gasteiger partial charge >= 0.3 is 0 Å². The van der Waals surface area contributed by atoms with Crippen molar-refractivity contribution in [1.29, 1.82) is 0 Å². The summed E-state index contributed by atoms with van der Waals surface area (Å²) in [6.07, 6.45) is 6.86. The van der Waals surface area contributed by atoms with Gasteiger partial charge in [-0.25, -0.2) is 4.98 Å². The molecular weight excluding hydrogens is 124 g/mol. The number of hydrogen-bond acceptors (Lipinski definition) is 1. The van der Waals surface area contributed by atoms with Crippen LogP contribution in [-0.2, 0) is 0 Å². The molecule has 0 atom stereocenters. The average Bonchev–Trinajstić information content (AvgIpc) is 2.43. The molecule has 0 aromatic carbocycles. The van der Waals surface area contributed by atoms with Crippen LogP contribution in [0.25, 0.3) is 5.70 Å². The largest absolute Gasteiger partial charge is 0.299 e. The van der Waals surface area contributed by atoms with E-state index in [0.29, 0.717) is 0 Å². The molecule has 0 saturated carbocycles. The molecule has 0 spiro atoms. The smallest absolute Gasteiger partial charge is 0.0996 e. The molecule has 0 bridgehead atoms. The van der Waals surface area contributed by atoms with Gasteiger partial charge in [0.25, 0.3) is 0 Å². The summed E-state index contributed by atoms with van der Waals surface area (Å²) in [6.45, 7) is 7.11. The Morgan fingerprint density at radius 3 is 2.90 bits per heavy atom. The minimum absolute atomic E-state index is 0.817. The van der Waals surface area contributed by atoms with Gasteiger partial charge in [0.05, 0.1) is 12.0 Å². The van der Waals surface area contributed by atoms with Crippen LogP contribution < -0.4 is 0 Å². The highest BCUT2D eigenvalue weighted by Crippen LogP contribution is 2.00. The van der Waals surface area contributed by atoms with Crippen LogP contribution in [0.15, 0.2) is 43.7 Å². The number of nitrogens with zero attached hydrogens (tertiary/aromatic N) is 2. The predicted octanol–water partition coefficient (Wildman–Crippen LogP) is 1.69. The fourth-order valence-corrected chi connectivity index (χ4v) is 0.670. The third kappa shape index (κ3) is 1.07. The van der Waals surface area contributed by atoms with E-state index >= 15 is 0 Å². The molecule has 0 unspecified atom stereocenters. The second-order valence-electron chi connectivity index (χ2n) is 1.74. The fraction of sp³-hybridized carbons (Fsp3) is 0. The Bertz CT molecular complexity index is 263. The maximum Gasteiger partial charge on any atom is 0.0996 e. The molecule has 1 aromatic heterocycles. The van der Waals surface area contributed by atoms with Crippen molar-refractivity contribution in [2.24, 2.45) is 0 Å². The molecule has 0 saturated heterocycles. The van der Waals surface area contributed by atoms with Crippen LogP contribution in [0.4, 0.5) is 0 Å². The fourth-order valence-electron chi connectivity index (χ4n) is 0.670. The lowest BCUT2D eigenvalue weighted by Gasteiger charge is -1.95. The second-order valence-corrected chi connectivity index (χ2v) is 1.74. The van der Waals surface area contributed by atoms with Gasteiger partial charge in [-0.3, -0.25) is 4.57 Å². The molecule has 0 amide bonds. The summed E-state index contributed by atoms with van der Waals surface area (Å²) < 4.78 is 1.79. The summed E-state index contributed by atoms with van der Waals surface area (Å²) in [5.74, 6) is 0. The van der Waals surface area contributed by atoms with Crippen molar-refractivity contribution in [2.75, 3.05) is 0 Å². The molecular formula is C8H8N2. The summed E-state index contributed by atoms with van der Waals surface area (Å²) in [7, 11) is 0. The lowest BCUT2D eigenvalue weighted by atomic mass is 10.4. The molecule has 1 heterocycles. The van der Waals surface area contributed by atoms with Crippen LogP contribution in [0.1, 0.15) is 0 Å². The third-order valence-electron chi connectivity index (χ3n) is 1.16. The summed E-state index contributed by atoms with van der Waals surface area (Å²) in [4.78, 5) is 3.87. The highest BCUT2D eigenvalue weighted by atomic mass is 15.0. The Balaban J connectivity index is 3.07. The highest BCUT2D eigenvalue weighted by molar-refractivity contribution is 5.54. The maximum absolute atomic E-state index is 3.87. The van der Waals surface area contributed by atoms with Crippen molar-refractivity contribution in [1.82, 2.24) is 9.55 Å². The molecule has 0 aliphatic heterocycles. The van der Waals surface area contributed by atoms with E-state index < -0.39 is 0 Å². The predicted molar refractivity (Wildman–Crippen MR) is 41.3 cm³/mol. The third-order valence-corrected chi connectivity index (χ3v) is 1.16. The van der Waals surface area contributed by atoms with E-state index in [1.807, 2.05) is 6.20 Å². The van der Waals surface area contributed by atoms with Crippen molar-refractivity contribution in [3.05, 3.63) is 43.7 Å². The molecule has 50 valence electrons. The number of rotatable bonds is 2. The van der Waals surface area contributed by atoms with E-state index in [2.05, 4.69) is 23.9 Å². The van der Waals surface area contributed by atoms with Gasteiger partial charge in [-0.15, -0.1) is 5.73 Å². The molecule has 10 heavy (non-hydrogen) atoms. The van der Waals surface area contributed by atoms with Gasteiger partial charge in [0.15, 0.2) is 0 Å². The van der Waals surface area contributed by atoms with Crippen molar-refractivity contribution >= 4 is 5.70 Å². The highest BCUT2D eigenvalue weighted by Gasteiger charge is 1.89. The molecule has 1 rings (SSSR count). The van der Waals surface area contributed by atoms with E-state index in [9.17, 15) is 0 Å². The van der Waals surface area contributed by atoms with E-state index in [-0.39, 0.29) is 0 Å². The van der Waals surface area contributed by atoms with Crippen molar-refractivity contribution < 1.29 is 0 Å². The zero-order valence-corrected chi connectivity index (χ0v) is 5.62. The van der Waals surface area contributed by atoms with Crippen LogP contribution in [0.2, 0.25) is 0 Å². The normalized spacial score (nSPS) is 8.40. The minimum atomic E-state index is 0.817. The SMILES string of the molecule is C=C=C(C=C)n1ccnc1. The average molecular weight is 132 g/mol. The molecule has 0 fully saturated rings. The molecule has 2 nitrogen and oxygen atoms in total. The monoisotopic (exact) mass is 132 g/mol. The Hall–Kier alpha value is -1.53. The molecule has 2 heteroatoms. The zero-order chi connectivity index (χ0) is 7.40. The topological polar surface area (TPSA) is 17.8 Å². The van der Waals surface area contributed by atoms with E-state index in [0.717, 1.165) is 5.70 Å². The molecule has 0 aliphatic carbocycles. The lowest BCUT2D eigenvalue weighted by Crippen LogP contribution is -1.86. The Morgan fingerprint density at radius 2 is 2.50 bits per heavy atom. The van der Waals surface area contributed by atoms with Crippen molar-refractivity contribution in [3.8, 4) is 0 Å². The molecule has 0 radical (unpaired) electrons. The first kappa shape index (κ1) is 6.59. The van der Waals surface area contributed by atoms with Gasteiger partial charge in [0.2, 0.25) is 0 Å². The molecule has 0 aliphatic rings. The Kier molecular flexibility index (Phi) is 1.88. The number of aromatic nitrogens is 2. The van der Waals surface area contributed by atoms with E-state index in [1.54, 1.807) is 23.2 Å². The standard InChI is InChI=1S/C8H8N2/c1-3-8(4-2)10-6-5-9-7-10/h3,5-7H,1-2H2. The zero-order valence-electron chi connectivity index (χ0n) is 5.62. The van der Waals surface area contributed by atoms with Gasteiger partial charge in [-0.05, 0) is 6.08 Å². The molecule has 0 N–H and O–H groups in total. The number of hydrogen-bond donors (Lipinski definition) is 0. The first-order chi connectivity index (χ1) is 4.88. The number of allylic oxidation sites excluding steroid dienone is 2. The van der Waals surface area contributed by atoms with Crippen LogP contribution in [0, 0.1) is 0 Å². The first-order valence-electron chi connectivity index (χ1n) is 2.89. The van der Waals surface area contributed by atoms with Gasteiger partial charge in [0.1, 0.15) is 0 Å². The van der Waals surface area contributed by atoms with Crippen LogP contribution >= 0.6 is 0 Å². The summed E-state index contributed by atoms with van der Waals surface area (Å²) in [5, 5.41) is 0. The van der Waals surface area contributed by atoms with E-state index in [4.69, 9.17) is 0 Å². The Morgan fingerprint density at radius 1 is 1.70 bits per heavy atom. The molecule has 1 aromatic rings. The van der Waals surface area contributed by atoms with Crippen molar-refractivity contribution in [3.63, 3.8) is 0 Å².